The van der Waals surface area contributed by atoms with Gasteiger partial charge in [-0.2, -0.15) is 0 Å². The predicted octanol–water partition coefficient (Wildman–Crippen LogP) is 2.16. The van der Waals surface area contributed by atoms with E-state index >= 15 is 0 Å². The normalized spacial score (nSPS) is 11.3. The lowest BCUT2D eigenvalue weighted by atomic mass is 10.1. The SMILES string of the molecule is Cc1nc2ccc(-c3nc(N)n(C)c3C)cc2[nH]1. The van der Waals surface area contributed by atoms with Crippen molar-refractivity contribution < 1.29 is 0 Å². The van der Waals surface area contributed by atoms with Crippen LogP contribution in [0.25, 0.3) is 22.3 Å². The fourth-order valence-corrected chi connectivity index (χ4v) is 2.16. The summed E-state index contributed by atoms with van der Waals surface area (Å²) in [6.45, 7) is 3.96. The highest BCUT2D eigenvalue weighted by atomic mass is 15.1. The Balaban J connectivity index is 2.21. The van der Waals surface area contributed by atoms with Crippen LogP contribution in [-0.4, -0.2) is 19.5 Å². The molecule has 0 saturated carbocycles. The van der Waals surface area contributed by atoms with E-state index in [4.69, 9.17) is 5.73 Å². The highest BCUT2D eigenvalue weighted by Gasteiger charge is 2.11. The summed E-state index contributed by atoms with van der Waals surface area (Å²) in [5.74, 6) is 1.45. The lowest BCUT2D eigenvalue weighted by Gasteiger charge is -2.00. The number of aromatic amines is 1. The number of H-pyrrole nitrogens is 1. The quantitative estimate of drug-likeness (QED) is 0.685. The van der Waals surface area contributed by atoms with Gasteiger partial charge < -0.3 is 15.3 Å². The summed E-state index contributed by atoms with van der Waals surface area (Å²) >= 11 is 0. The number of aromatic nitrogens is 4. The van der Waals surface area contributed by atoms with Crippen molar-refractivity contribution in [2.24, 2.45) is 7.05 Å². The van der Waals surface area contributed by atoms with E-state index in [0.29, 0.717) is 5.95 Å². The van der Waals surface area contributed by atoms with E-state index < -0.39 is 0 Å². The van der Waals surface area contributed by atoms with Gasteiger partial charge >= 0.3 is 0 Å². The van der Waals surface area contributed by atoms with Crippen molar-refractivity contribution in [1.82, 2.24) is 19.5 Å². The number of benzene rings is 1. The van der Waals surface area contributed by atoms with Crippen LogP contribution in [0.4, 0.5) is 5.95 Å². The highest BCUT2D eigenvalue weighted by molar-refractivity contribution is 5.81. The number of anilines is 1. The number of rotatable bonds is 1. The second kappa shape index (κ2) is 3.60. The van der Waals surface area contributed by atoms with Gasteiger partial charge in [-0.05, 0) is 26.0 Å². The van der Waals surface area contributed by atoms with Gasteiger partial charge in [-0.1, -0.05) is 6.07 Å². The number of fused-ring (bicyclic) bond motifs is 1. The fraction of sp³-hybridized carbons (Fsp3) is 0.231. The molecule has 1 aromatic carbocycles. The molecule has 3 aromatic rings. The Kier molecular flexibility index (Phi) is 2.16. The third-order valence-electron chi connectivity index (χ3n) is 3.29. The van der Waals surface area contributed by atoms with Gasteiger partial charge in [-0.25, -0.2) is 9.97 Å². The van der Waals surface area contributed by atoms with E-state index in [2.05, 4.69) is 21.0 Å². The molecule has 3 N–H and O–H groups in total. The fourth-order valence-electron chi connectivity index (χ4n) is 2.16. The molecule has 0 aliphatic heterocycles. The molecular formula is C13H15N5. The number of nitrogens with two attached hydrogens (primary N) is 1. The molecule has 0 bridgehead atoms. The van der Waals surface area contributed by atoms with E-state index in [1.165, 1.54) is 0 Å². The minimum absolute atomic E-state index is 0.531. The zero-order valence-electron chi connectivity index (χ0n) is 10.7. The van der Waals surface area contributed by atoms with E-state index in [1.807, 2.05) is 37.6 Å². The Morgan fingerprint density at radius 2 is 2.00 bits per heavy atom. The topological polar surface area (TPSA) is 72.5 Å². The summed E-state index contributed by atoms with van der Waals surface area (Å²) in [6, 6.07) is 6.08. The maximum Gasteiger partial charge on any atom is 0.200 e. The van der Waals surface area contributed by atoms with Crippen LogP contribution >= 0.6 is 0 Å². The van der Waals surface area contributed by atoms with Gasteiger partial charge in [0, 0.05) is 18.3 Å². The maximum absolute atomic E-state index is 5.83. The third kappa shape index (κ3) is 1.48. The van der Waals surface area contributed by atoms with Gasteiger partial charge in [0.05, 0.1) is 16.7 Å². The van der Waals surface area contributed by atoms with E-state index in [-0.39, 0.29) is 0 Å². The van der Waals surface area contributed by atoms with Gasteiger partial charge in [0.25, 0.3) is 0 Å². The zero-order chi connectivity index (χ0) is 12.9. The number of imidazole rings is 2. The van der Waals surface area contributed by atoms with Gasteiger partial charge in [0.1, 0.15) is 5.82 Å². The molecule has 0 radical (unpaired) electrons. The Morgan fingerprint density at radius 3 is 2.67 bits per heavy atom. The summed E-state index contributed by atoms with van der Waals surface area (Å²) in [7, 11) is 1.92. The van der Waals surface area contributed by atoms with Crippen molar-refractivity contribution in [2.75, 3.05) is 5.73 Å². The number of nitrogens with zero attached hydrogens (tertiary/aromatic N) is 3. The molecular weight excluding hydrogens is 226 g/mol. The maximum atomic E-state index is 5.83. The Labute approximate surface area is 105 Å². The van der Waals surface area contributed by atoms with Crippen LogP contribution in [-0.2, 0) is 7.05 Å². The van der Waals surface area contributed by atoms with Crippen LogP contribution < -0.4 is 5.73 Å². The number of hydrogen-bond donors (Lipinski definition) is 2. The lowest BCUT2D eigenvalue weighted by molar-refractivity contribution is 0.889. The number of nitrogen functional groups attached to an aromatic ring is 1. The van der Waals surface area contributed by atoms with E-state index in [1.54, 1.807) is 0 Å². The van der Waals surface area contributed by atoms with Crippen molar-refractivity contribution in [3.63, 3.8) is 0 Å². The predicted molar refractivity (Wildman–Crippen MR) is 72.2 cm³/mol. The number of hydrogen-bond acceptors (Lipinski definition) is 3. The monoisotopic (exact) mass is 241 g/mol. The Hall–Kier alpha value is -2.30. The van der Waals surface area contributed by atoms with Crippen LogP contribution in [0, 0.1) is 13.8 Å². The molecule has 0 aliphatic carbocycles. The first-order valence-corrected chi connectivity index (χ1v) is 5.82. The zero-order valence-corrected chi connectivity index (χ0v) is 10.7. The van der Waals surface area contributed by atoms with Crippen LogP contribution in [0.3, 0.4) is 0 Å². The second-order valence-corrected chi connectivity index (χ2v) is 4.52. The summed E-state index contributed by atoms with van der Waals surface area (Å²) in [5, 5.41) is 0. The molecule has 5 heteroatoms. The van der Waals surface area contributed by atoms with Gasteiger partial charge in [0.2, 0.25) is 5.95 Å². The molecule has 0 amide bonds. The lowest BCUT2D eigenvalue weighted by Crippen LogP contribution is -1.97. The molecule has 0 unspecified atom stereocenters. The molecule has 2 aromatic heterocycles. The summed E-state index contributed by atoms with van der Waals surface area (Å²) in [6.07, 6.45) is 0. The first kappa shape index (κ1) is 10.8. The molecule has 3 rings (SSSR count). The van der Waals surface area contributed by atoms with Crippen molar-refractivity contribution in [3.05, 3.63) is 29.7 Å². The highest BCUT2D eigenvalue weighted by Crippen LogP contribution is 2.26. The Morgan fingerprint density at radius 1 is 1.22 bits per heavy atom. The van der Waals surface area contributed by atoms with Crippen molar-refractivity contribution in [1.29, 1.82) is 0 Å². The van der Waals surface area contributed by atoms with Gasteiger partial charge in [0.15, 0.2) is 0 Å². The average Bonchev–Trinajstić information content (AvgIpc) is 2.82. The van der Waals surface area contributed by atoms with Crippen LogP contribution in [0.5, 0.6) is 0 Å². The van der Waals surface area contributed by atoms with Gasteiger partial charge in [-0.3, -0.25) is 0 Å². The molecule has 18 heavy (non-hydrogen) atoms. The first-order chi connectivity index (χ1) is 8.56. The molecule has 0 aliphatic rings. The largest absolute Gasteiger partial charge is 0.369 e. The van der Waals surface area contributed by atoms with Crippen LogP contribution in [0.15, 0.2) is 18.2 Å². The van der Waals surface area contributed by atoms with Crippen LogP contribution in [0.2, 0.25) is 0 Å². The average molecular weight is 241 g/mol. The molecule has 0 atom stereocenters. The Bertz CT molecular complexity index is 735. The number of nitrogens with one attached hydrogen (secondary N) is 1. The molecule has 5 nitrogen and oxygen atoms in total. The van der Waals surface area contributed by atoms with Crippen molar-refractivity contribution in [2.45, 2.75) is 13.8 Å². The molecule has 0 spiro atoms. The smallest absolute Gasteiger partial charge is 0.200 e. The standard InChI is InChI=1S/C13H15N5/c1-7-12(17-13(14)18(7)3)9-4-5-10-11(6-9)16-8(2)15-10/h4-6H,1-3H3,(H2,14,17)(H,15,16). The van der Waals surface area contributed by atoms with Crippen LogP contribution in [0.1, 0.15) is 11.5 Å². The summed E-state index contributed by atoms with van der Waals surface area (Å²) in [5.41, 5.74) is 10.9. The van der Waals surface area contributed by atoms with Crippen molar-refractivity contribution >= 4 is 17.0 Å². The minimum Gasteiger partial charge on any atom is -0.369 e. The molecule has 0 fully saturated rings. The molecule has 0 saturated heterocycles. The van der Waals surface area contributed by atoms with Crippen molar-refractivity contribution in [3.8, 4) is 11.3 Å². The first-order valence-electron chi connectivity index (χ1n) is 5.82. The summed E-state index contributed by atoms with van der Waals surface area (Å²) < 4.78 is 1.89. The molecule has 2 heterocycles. The van der Waals surface area contributed by atoms with E-state index in [0.717, 1.165) is 33.8 Å². The van der Waals surface area contributed by atoms with E-state index in [9.17, 15) is 0 Å². The second-order valence-electron chi connectivity index (χ2n) is 4.52. The molecule has 92 valence electrons. The van der Waals surface area contributed by atoms with Gasteiger partial charge in [-0.15, -0.1) is 0 Å². The number of aryl methyl sites for hydroxylation is 1. The minimum atomic E-state index is 0.531. The summed E-state index contributed by atoms with van der Waals surface area (Å²) in [4.78, 5) is 12.0. The third-order valence-corrected chi connectivity index (χ3v) is 3.29.